The highest BCUT2D eigenvalue weighted by molar-refractivity contribution is 5.71. The molecule has 7 heteroatoms. The third kappa shape index (κ3) is 4.77. The quantitative estimate of drug-likeness (QED) is 0.751. The molecule has 1 N–H and O–H groups in total. The normalized spacial score (nSPS) is 17.8. The Kier molecular flexibility index (Phi) is 6.24. The molecule has 2 fully saturated rings. The topological polar surface area (TPSA) is 99.3 Å². The Bertz CT molecular complexity index is 926. The smallest absolute Gasteiger partial charge is 0.309 e. The van der Waals surface area contributed by atoms with Gasteiger partial charge in [-0.1, -0.05) is 19.3 Å². The highest BCUT2D eigenvalue weighted by atomic mass is 16.5. The second-order valence-corrected chi connectivity index (χ2v) is 8.21. The maximum atomic E-state index is 10.9. The van der Waals surface area contributed by atoms with Crippen LogP contribution in [0.3, 0.4) is 0 Å². The van der Waals surface area contributed by atoms with Gasteiger partial charge in [0.25, 0.3) is 0 Å². The molecule has 0 bridgehead atoms. The van der Waals surface area contributed by atoms with Crippen molar-refractivity contribution in [1.82, 2.24) is 14.9 Å². The predicted molar refractivity (Wildman–Crippen MR) is 110 cm³/mol. The van der Waals surface area contributed by atoms with Crippen LogP contribution in [0.1, 0.15) is 60.5 Å². The third-order valence-corrected chi connectivity index (χ3v) is 6.03. The Morgan fingerprint density at radius 1 is 1.17 bits per heavy atom. The lowest BCUT2D eigenvalue weighted by molar-refractivity contribution is -0.147. The number of aromatic nitrogens is 2. The average Bonchev–Trinajstić information content (AvgIpc) is 2.75. The van der Waals surface area contributed by atoms with Crippen LogP contribution in [0.4, 0.5) is 0 Å². The van der Waals surface area contributed by atoms with E-state index in [4.69, 9.17) is 9.84 Å². The molecule has 0 radical (unpaired) electrons. The van der Waals surface area contributed by atoms with Gasteiger partial charge in [-0.05, 0) is 42.5 Å². The summed E-state index contributed by atoms with van der Waals surface area (Å²) in [6, 6.07) is 7.92. The lowest BCUT2D eigenvalue weighted by Crippen LogP contribution is -2.49. The van der Waals surface area contributed by atoms with Crippen molar-refractivity contribution in [1.29, 1.82) is 5.26 Å². The molecule has 30 heavy (non-hydrogen) atoms. The Morgan fingerprint density at radius 3 is 2.60 bits per heavy atom. The van der Waals surface area contributed by atoms with E-state index in [2.05, 4.69) is 20.9 Å². The zero-order valence-electron chi connectivity index (χ0n) is 17.0. The molecule has 7 nitrogen and oxygen atoms in total. The van der Waals surface area contributed by atoms with Gasteiger partial charge in [0.05, 0.1) is 35.1 Å². The van der Waals surface area contributed by atoms with Crippen LogP contribution in [0, 0.1) is 17.2 Å². The predicted octanol–water partition coefficient (Wildman–Crippen LogP) is 3.49. The highest BCUT2D eigenvalue weighted by Crippen LogP contribution is 2.34. The molecule has 0 aromatic carbocycles. The average molecular weight is 406 g/mol. The first-order valence-electron chi connectivity index (χ1n) is 10.5. The van der Waals surface area contributed by atoms with E-state index in [9.17, 15) is 10.1 Å². The summed E-state index contributed by atoms with van der Waals surface area (Å²) in [6.45, 7) is 2.06. The summed E-state index contributed by atoms with van der Waals surface area (Å²) < 4.78 is 5.80. The lowest BCUT2D eigenvalue weighted by Gasteiger charge is -2.36. The van der Waals surface area contributed by atoms with Crippen molar-refractivity contribution < 1.29 is 14.6 Å². The molecule has 2 aliphatic rings. The maximum absolute atomic E-state index is 10.9. The minimum Gasteiger partial charge on any atom is -0.486 e. The summed E-state index contributed by atoms with van der Waals surface area (Å²) in [5.41, 5.74) is 3.39. The van der Waals surface area contributed by atoms with E-state index in [-0.39, 0.29) is 12.5 Å². The van der Waals surface area contributed by atoms with Gasteiger partial charge in [0.1, 0.15) is 12.4 Å². The number of pyridine rings is 2. The number of carboxylic acids is 1. The van der Waals surface area contributed by atoms with Crippen molar-refractivity contribution in [3.8, 4) is 11.8 Å². The van der Waals surface area contributed by atoms with Gasteiger partial charge in [0, 0.05) is 25.8 Å². The van der Waals surface area contributed by atoms with E-state index in [0.29, 0.717) is 36.9 Å². The Hall–Kier alpha value is -2.98. The standard InChI is InChI=1S/C23H26N4O3/c24-9-17-8-20(26-11-22(17)16-4-2-1-3-5-16)15-30-21-7-6-19(25-10-21)14-27-12-18(13-27)23(28)29/h6-8,10-11,16,18H,1-5,12-15H2,(H,28,29). The molecule has 0 amide bonds. The molecule has 4 rings (SSSR count). The monoisotopic (exact) mass is 406 g/mol. The van der Waals surface area contributed by atoms with Gasteiger partial charge >= 0.3 is 5.97 Å². The molecule has 156 valence electrons. The van der Waals surface area contributed by atoms with Crippen molar-refractivity contribution in [2.75, 3.05) is 13.1 Å². The highest BCUT2D eigenvalue weighted by Gasteiger charge is 2.32. The summed E-state index contributed by atoms with van der Waals surface area (Å²) in [6.07, 6.45) is 9.53. The van der Waals surface area contributed by atoms with Gasteiger partial charge in [-0.25, -0.2) is 0 Å². The molecule has 1 saturated carbocycles. The Balaban J connectivity index is 1.31. The second kappa shape index (κ2) is 9.23. The maximum Gasteiger partial charge on any atom is 0.309 e. The van der Waals surface area contributed by atoms with Crippen LogP contribution in [0.2, 0.25) is 0 Å². The van der Waals surface area contributed by atoms with Crippen LogP contribution >= 0.6 is 0 Å². The summed E-state index contributed by atoms with van der Waals surface area (Å²) in [5, 5.41) is 18.5. The molecule has 0 spiro atoms. The number of likely N-dealkylation sites (tertiary alicyclic amines) is 1. The van der Waals surface area contributed by atoms with E-state index >= 15 is 0 Å². The molecule has 1 aliphatic carbocycles. The van der Waals surface area contributed by atoms with Gasteiger partial charge in [-0.2, -0.15) is 5.26 Å². The summed E-state index contributed by atoms with van der Waals surface area (Å²) >= 11 is 0. The first-order chi connectivity index (χ1) is 14.6. The molecule has 0 atom stereocenters. The fraction of sp³-hybridized carbons (Fsp3) is 0.478. The van der Waals surface area contributed by atoms with E-state index in [1.165, 1.54) is 19.3 Å². The fourth-order valence-corrected chi connectivity index (χ4v) is 4.26. The van der Waals surface area contributed by atoms with E-state index in [1.54, 1.807) is 6.20 Å². The number of rotatable bonds is 7. The van der Waals surface area contributed by atoms with E-state index in [1.807, 2.05) is 24.4 Å². The number of aliphatic carboxylic acids is 1. The largest absolute Gasteiger partial charge is 0.486 e. The molecule has 2 aromatic heterocycles. The van der Waals surface area contributed by atoms with Crippen LogP contribution in [0.15, 0.2) is 30.6 Å². The van der Waals surface area contributed by atoms with Gasteiger partial charge in [-0.15, -0.1) is 0 Å². The number of carboxylic acid groups (broad SMARTS) is 1. The van der Waals surface area contributed by atoms with E-state index < -0.39 is 5.97 Å². The van der Waals surface area contributed by atoms with Crippen molar-refractivity contribution in [3.63, 3.8) is 0 Å². The van der Waals surface area contributed by atoms with Crippen LogP contribution in [0.25, 0.3) is 0 Å². The Labute approximate surface area is 176 Å². The molecule has 1 saturated heterocycles. The van der Waals surface area contributed by atoms with Crippen LogP contribution in [0.5, 0.6) is 5.75 Å². The molecule has 1 aliphatic heterocycles. The number of nitrogens with zero attached hydrogens (tertiary/aromatic N) is 4. The zero-order chi connectivity index (χ0) is 20.9. The third-order valence-electron chi connectivity index (χ3n) is 6.03. The molecule has 0 unspecified atom stereocenters. The van der Waals surface area contributed by atoms with Gasteiger partial charge in [0.2, 0.25) is 0 Å². The Morgan fingerprint density at radius 2 is 1.93 bits per heavy atom. The number of hydrogen-bond donors (Lipinski definition) is 1. The number of nitriles is 1. The summed E-state index contributed by atoms with van der Waals surface area (Å²) in [5.74, 6) is 0.0954. The molecule has 3 heterocycles. The summed E-state index contributed by atoms with van der Waals surface area (Å²) in [7, 11) is 0. The number of ether oxygens (including phenoxy) is 1. The minimum absolute atomic E-state index is 0.261. The minimum atomic E-state index is -0.733. The molecule has 2 aromatic rings. The molecular formula is C23H26N4O3. The van der Waals surface area contributed by atoms with Crippen molar-refractivity contribution in [2.45, 2.75) is 51.2 Å². The van der Waals surface area contributed by atoms with Crippen LogP contribution in [-0.4, -0.2) is 39.0 Å². The van der Waals surface area contributed by atoms with Gasteiger partial charge in [-0.3, -0.25) is 19.7 Å². The molecular weight excluding hydrogens is 380 g/mol. The van der Waals surface area contributed by atoms with Crippen LogP contribution in [-0.2, 0) is 17.9 Å². The zero-order valence-corrected chi connectivity index (χ0v) is 17.0. The van der Waals surface area contributed by atoms with E-state index in [0.717, 1.165) is 29.8 Å². The first-order valence-corrected chi connectivity index (χ1v) is 10.5. The fourth-order valence-electron chi connectivity index (χ4n) is 4.26. The summed E-state index contributed by atoms with van der Waals surface area (Å²) in [4.78, 5) is 21.9. The lowest BCUT2D eigenvalue weighted by atomic mass is 9.83. The van der Waals surface area contributed by atoms with Crippen LogP contribution < -0.4 is 4.74 Å². The van der Waals surface area contributed by atoms with Crippen molar-refractivity contribution in [3.05, 3.63) is 53.1 Å². The van der Waals surface area contributed by atoms with Crippen molar-refractivity contribution in [2.24, 2.45) is 5.92 Å². The number of hydrogen-bond acceptors (Lipinski definition) is 6. The van der Waals surface area contributed by atoms with Gasteiger partial charge in [0.15, 0.2) is 0 Å². The second-order valence-electron chi connectivity index (χ2n) is 8.21. The van der Waals surface area contributed by atoms with Gasteiger partial charge < -0.3 is 9.84 Å². The van der Waals surface area contributed by atoms with Crippen molar-refractivity contribution >= 4 is 5.97 Å². The number of carbonyl (C=O) groups is 1. The SMILES string of the molecule is N#Cc1cc(COc2ccc(CN3CC(C(=O)O)C3)nc2)ncc1C1CCCCC1. The first kappa shape index (κ1) is 20.3.